The van der Waals surface area contributed by atoms with Gasteiger partial charge in [-0.25, -0.2) is 4.98 Å². The minimum Gasteiger partial charge on any atom is -0.481 e. The second kappa shape index (κ2) is 10.7. The Labute approximate surface area is 233 Å². The molecule has 0 saturated carbocycles. The quantitative estimate of drug-likeness (QED) is 0.240. The van der Waals surface area contributed by atoms with Gasteiger partial charge in [0.05, 0.1) is 23.5 Å². The Morgan fingerprint density at radius 3 is 2.50 bits per heavy atom. The van der Waals surface area contributed by atoms with E-state index in [1.807, 2.05) is 24.3 Å². The predicted molar refractivity (Wildman–Crippen MR) is 158 cm³/mol. The fourth-order valence-corrected chi connectivity index (χ4v) is 5.86. The first-order chi connectivity index (χ1) is 19.5. The molecule has 1 N–H and O–H groups in total. The summed E-state index contributed by atoms with van der Waals surface area (Å²) in [6, 6.07) is 31.7. The van der Waals surface area contributed by atoms with Crippen LogP contribution in [0.3, 0.4) is 0 Å². The number of aromatic nitrogens is 2. The van der Waals surface area contributed by atoms with E-state index in [9.17, 15) is 15.2 Å². The van der Waals surface area contributed by atoms with Gasteiger partial charge >= 0.3 is 5.97 Å². The molecule has 1 heterocycles. The molecule has 196 valence electrons. The SMILES string of the molecule is Cc1cc(-c2ccccc2)cc2c1nc(CCC(=O)O)n2Cc1ccc2c(c1)CCc1ccccc1/C2=C\C#N. The molecule has 0 fully saturated rings. The van der Waals surface area contributed by atoms with Gasteiger partial charge in [0, 0.05) is 19.0 Å². The zero-order valence-electron chi connectivity index (χ0n) is 22.4. The Kier molecular flexibility index (Phi) is 6.76. The molecule has 0 unspecified atom stereocenters. The van der Waals surface area contributed by atoms with Gasteiger partial charge in [-0.3, -0.25) is 4.79 Å². The van der Waals surface area contributed by atoms with Crippen LogP contribution in [0, 0.1) is 18.3 Å². The first-order valence-electron chi connectivity index (χ1n) is 13.6. The van der Waals surface area contributed by atoms with Crippen molar-refractivity contribution in [2.45, 2.75) is 39.2 Å². The molecule has 1 aromatic heterocycles. The second-order valence-electron chi connectivity index (χ2n) is 10.4. The number of nitrogens with zero attached hydrogens (tertiary/aromatic N) is 3. The lowest BCUT2D eigenvalue weighted by Gasteiger charge is -2.14. The third-order valence-corrected chi connectivity index (χ3v) is 7.77. The molecular weight excluding hydrogens is 494 g/mol. The van der Waals surface area contributed by atoms with Crippen LogP contribution in [0.25, 0.3) is 27.7 Å². The van der Waals surface area contributed by atoms with Crippen LogP contribution in [-0.4, -0.2) is 20.6 Å². The number of aryl methyl sites for hydroxylation is 4. The van der Waals surface area contributed by atoms with E-state index in [1.165, 1.54) is 11.1 Å². The monoisotopic (exact) mass is 523 g/mol. The molecule has 0 atom stereocenters. The zero-order chi connectivity index (χ0) is 27.6. The Bertz CT molecular complexity index is 1820. The molecule has 5 heteroatoms. The lowest BCUT2D eigenvalue weighted by molar-refractivity contribution is -0.137. The molecular formula is C35H29N3O2. The van der Waals surface area contributed by atoms with Crippen molar-refractivity contribution < 1.29 is 9.90 Å². The summed E-state index contributed by atoms with van der Waals surface area (Å²) in [4.78, 5) is 16.4. The van der Waals surface area contributed by atoms with Gasteiger partial charge in [-0.2, -0.15) is 5.26 Å². The number of hydrogen-bond acceptors (Lipinski definition) is 3. The van der Waals surface area contributed by atoms with Crippen molar-refractivity contribution >= 4 is 22.6 Å². The van der Waals surface area contributed by atoms with Gasteiger partial charge < -0.3 is 9.67 Å². The molecule has 5 nitrogen and oxygen atoms in total. The topological polar surface area (TPSA) is 78.9 Å². The van der Waals surface area contributed by atoms with Gasteiger partial charge in [0.15, 0.2) is 0 Å². The van der Waals surface area contributed by atoms with Crippen molar-refractivity contribution in [3.05, 3.63) is 130 Å². The Morgan fingerprint density at radius 1 is 0.950 bits per heavy atom. The lowest BCUT2D eigenvalue weighted by atomic mass is 9.93. The van der Waals surface area contributed by atoms with E-state index < -0.39 is 5.97 Å². The largest absolute Gasteiger partial charge is 0.481 e. The molecule has 0 amide bonds. The summed E-state index contributed by atoms with van der Waals surface area (Å²) in [6.07, 6.45) is 3.84. The van der Waals surface area contributed by atoms with Crippen LogP contribution in [0.4, 0.5) is 0 Å². The van der Waals surface area contributed by atoms with Crippen molar-refractivity contribution in [2.24, 2.45) is 0 Å². The number of rotatable bonds is 6. The van der Waals surface area contributed by atoms with Gasteiger partial charge in [0.1, 0.15) is 5.82 Å². The smallest absolute Gasteiger partial charge is 0.303 e. The van der Waals surface area contributed by atoms with E-state index >= 15 is 0 Å². The number of fused-ring (bicyclic) bond motifs is 3. The number of allylic oxidation sites excluding steroid dienone is 1. The van der Waals surface area contributed by atoms with Crippen molar-refractivity contribution in [3.8, 4) is 17.2 Å². The Hall–Kier alpha value is -4.95. The van der Waals surface area contributed by atoms with Crippen molar-refractivity contribution in [1.29, 1.82) is 5.26 Å². The molecule has 0 aliphatic heterocycles. The standard InChI is InChI=1S/C35H29N3O2/c1-23-19-28(25-7-3-2-4-8-25)21-32-35(23)37-33(15-16-34(39)40)38(32)22-24-11-14-30-27(20-24)13-12-26-9-5-6-10-29(26)31(30)17-18-36/h2-11,14,17,19-21H,12-13,15-16,22H2,1H3,(H,39,40)/b31-17+. The Morgan fingerprint density at radius 2 is 1.70 bits per heavy atom. The highest BCUT2D eigenvalue weighted by Gasteiger charge is 2.20. The van der Waals surface area contributed by atoms with Gasteiger partial charge in [0.25, 0.3) is 0 Å². The maximum atomic E-state index is 11.5. The molecule has 40 heavy (non-hydrogen) atoms. The minimum absolute atomic E-state index is 0.0265. The van der Waals surface area contributed by atoms with E-state index in [0.717, 1.165) is 68.7 Å². The first-order valence-corrected chi connectivity index (χ1v) is 13.6. The van der Waals surface area contributed by atoms with Crippen LogP contribution < -0.4 is 0 Å². The van der Waals surface area contributed by atoms with Crippen LogP contribution in [0.2, 0.25) is 0 Å². The molecule has 1 aliphatic carbocycles. The molecule has 1 aliphatic rings. The summed E-state index contributed by atoms with van der Waals surface area (Å²) in [5.41, 5.74) is 12.0. The number of nitriles is 1. The summed E-state index contributed by atoms with van der Waals surface area (Å²) >= 11 is 0. The summed E-state index contributed by atoms with van der Waals surface area (Å²) in [5.74, 6) is -0.0557. The second-order valence-corrected chi connectivity index (χ2v) is 10.4. The molecule has 5 aromatic rings. The van der Waals surface area contributed by atoms with Gasteiger partial charge in [0.2, 0.25) is 0 Å². The molecule has 0 radical (unpaired) electrons. The average molecular weight is 524 g/mol. The molecule has 6 rings (SSSR count). The van der Waals surface area contributed by atoms with Gasteiger partial charge in [-0.1, -0.05) is 72.8 Å². The van der Waals surface area contributed by atoms with Crippen LogP contribution in [0.15, 0.2) is 91.0 Å². The average Bonchev–Trinajstić information content (AvgIpc) is 3.24. The fourth-order valence-electron chi connectivity index (χ4n) is 5.86. The normalized spacial score (nSPS) is 13.4. The van der Waals surface area contributed by atoms with Crippen LogP contribution in [0.5, 0.6) is 0 Å². The number of aliphatic carboxylic acids is 1. The molecule has 0 saturated heterocycles. The van der Waals surface area contributed by atoms with Gasteiger partial charge in [-0.05, 0) is 82.0 Å². The maximum Gasteiger partial charge on any atom is 0.303 e. The molecule has 0 bridgehead atoms. The van der Waals surface area contributed by atoms with E-state index in [-0.39, 0.29) is 6.42 Å². The van der Waals surface area contributed by atoms with Crippen LogP contribution in [-0.2, 0) is 30.6 Å². The van der Waals surface area contributed by atoms with E-state index in [4.69, 9.17) is 4.98 Å². The summed E-state index contributed by atoms with van der Waals surface area (Å²) in [5, 5.41) is 19.0. The highest BCUT2D eigenvalue weighted by atomic mass is 16.4. The van der Waals surface area contributed by atoms with Crippen LogP contribution >= 0.6 is 0 Å². The van der Waals surface area contributed by atoms with Crippen molar-refractivity contribution in [1.82, 2.24) is 9.55 Å². The zero-order valence-corrected chi connectivity index (χ0v) is 22.4. The Balaban J connectivity index is 1.45. The number of imidazole rings is 1. The van der Waals surface area contributed by atoms with E-state index in [1.54, 1.807) is 6.08 Å². The molecule has 4 aromatic carbocycles. The number of carboxylic acid groups (broad SMARTS) is 1. The molecule has 0 spiro atoms. The maximum absolute atomic E-state index is 11.5. The summed E-state index contributed by atoms with van der Waals surface area (Å²) in [7, 11) is 0. The third kappa shape index (κ3) is 4.81. The number of hydrogen-bond donors (Lipinski definition) is 1. The highest BCUT2D eigenvalue weighted by molar-refractivity contribution is 5.87. The number of carboxylic acids is 1. The lowest BCUT2D eigenvalue weighted by Crippen LogP contribution is -2.08. The highest BCUT2D eigenvalue weighted by Crippen LogP contribution is 2.35. The summed E-state index contributed by atoms with van der Waals surface area (Å²) < 4.78 is 2.18. The van der Waals surface area contributed by atoms with Gasteiger partial charge in [-0.15, -0.1) is 0 Å². The van der Waals surface area contributed by atoms with Crippen LogP contribution in [0.1, 0.15) is 45.6 Å². The summed E-state index contributed by atoms with van der Waals surface area (Å²) in [6.45, 7) is 2.65. The fraction of sp³-hybridized carbons (Fsp3) is 0.171. The minimum atomic E-state index is -0.832. The number of benzene rings is 4. The van der Waals surface area contributed by atoms with E-state index in [0.29, 0.717) is 13.0 Å². The van der Waals surface area contributed by atoms with Crippen molar-refractivity contribution in [2.75, 3.05) is 0 Å². The third-order valence-electron chi connectivity index (χ3n) is 7.77. The predicted octanol–water partition coefficient (Wildman–Crippen LogP) is 7.13. The van der Waals surface area contributed by atoms with Crippen molar-refractivity contribution in [3.63, 3.8) is 0 Å². The first kappa shape index (κ1) is 25.3. The number of carbonyl (C=O) groups is 1. The van der Waals surface area contributed by atoms with E-state index in [2.05, 4.69) is 78.2 Å².